The van der Waals surface area contributed by atoms with Crippen molar-refractivity contribution >= 4 is 23.6 Å². The summed E-state index contributed by atoms with van der Waals surface area (Å²) in [7, 11) is 0. The van der Waals surface area contributed by atoms with E-state index in [-0.39, 0.29) is 17.9 Å². The van der Waals surface area contributed by atoms with E-state index in [1.165, 1.54) is 28.9 Å². The molecule has 2 amide bonds. The number of thioether (sulfide) groups is 1. The number of hydrogen-bond donors (Lipinski definition) is 1. The fraction of sp³-hybridized carbons (Fsp3) is 0.600. The molecule has 0 bridgehead atoms. The average Bonchev–Trinajstić information content (AvgIpc) is 3.24. The number of hydrogen-bond acceptors (Lipinski definition) is 4. The SMILES string of the molecule is CCC1OC2(CCN(C(=O)CSc3ccc4c(c3)CCC4)CC2)NC1=O. The first-order valence-corrected chi connectivity index (χ1v) is 10.6. The minimum absolute atomic E-state index is 0.0144. The molecule has 3 aliphatic rings. The van der Waals surface area contributed by atoms with Crippen LogP contribution in [0.4, 0.5) is 0 Å². The van der Waals surface area contributed by atoms with Gasteiger partial charge in [-0.2, -0.15) is 0 Å². The summed E-state index contributed by atoms with van der Waals surface area (Å²) in [5, 5.41) is 3.01. The van der Waals surface area contributed by atoms with E-state index in [0.717, 1.165) is 6.42 Å². The number of nitrogens with zero attached hydrogens (tertiary/aromatic N) is 1. The van der Waals surface area contributed by atoms with Gasteiger partial charge in [0, 0.05) is 30.8 Å². The lowest BCUT2D eigenvalue weighted by molar-refractivity contribution is -0.136. The molecular formula is C20H26N2O3S. The summed E-state index contributed by atoms with van der Waals surface area (Å²) in [6, 6.07) is 6.60. The van der Waals surface area contributed by atoms with E-state index in [1.54, 1.807) is 11.8 Å². The third kappa shape index (κ3) is 3.49. The van der Waals surface area contributed by atoms with E-state index in [2.05, 4.69) is 23.5 Å². The molecule has 26 heavy (non-hydrogen) atoms. The molecule has 2 fully saturated rings. The summed E-state index contributed by atoms with van der Waals surface area (Å²) >= 11 is 1.62. The van der Waals surface area contributed by atoms with E-state index < -0.39 is 5.72 Å². The number of likely N-dealkylation sites (tertiary alicyclic amines) is 1. The molecule has 1 aliphatic carbocycles. The quantitative estimate of drug-likeness (QED) is 0.823. The highest BCUT2D eigenvalue weighted by Gasteiger charge is 2.46. The molecule has 0 radical (unpaired) electrons. The molecule has 140 valence electrons. The van der Waals surface area contributed by atoms with Crippen molar-refractivity contribution in [3.05, 3.63) is 29.3 Å². The molecule has 2 saturated heterocycles. The summed E-state index contributed by atoms with van der Waals surface area (Å²) < 4.78 is 5.95. The maximum Gasteiger partial charge on any atom is 0.251 e. The first-order chi connectivity index (χ1) is 12.6. The number of carbonyl (C=O) groups is 2. The van der Waals surface area contributed by atoms with Crippen LogP contribution in [0.2, 0.25) is 0 Å². The number of aryl methyl sites for hydroxylation is 2. The van der Waals surface area contributed by atoms with Crippen LogP contribution in [0.15, 0.2) is 23.1 Å². The van der Waals surface area contributed by atoms with Crippen molar-refractivity contribution in [2.75, 3.05) is 18.8 Å². The Morgan fingerprint density at radius 1 is 1.31 bits per heavy atom. The molecule has 0 saturated carbocycles. The van der Waals surface area contributed by atoms with Gasteiger partial charge in [0.2, 0.25) is 5.91 Å². The Morgan fingerprint density at radius 2 is 2.08 bits per heavy atom. The summed E-state index contributed by atoms with van der Waals surface area (Å²) in [6.07, 6.45) is 5.29. The van der Waals surface area contributed by atoms with Crippen molar-refractivity contribution in [3.8, 4) is 0 Å². The van der Waals surface area contributed by atoms with Crippen LogP contribution in [-0.4, -0.2) is 47.4 Å². The molecule has 2 heterocycles. The van der Waals surface area contributed by atoms with Crippen LogP contribution in [0.3, 0.4) is 0 Å². The lowest BCUT2D eigenvalue weighted by Gasteiger charge is -2.38. The molecule has 1 aromatic carbocycles. The molecule has 2 aliphatic heterocycles. The normalized spacial score (nSPS) is 24.0. The van der Waals surface area contributed by atoms with E-state index in [4.69, 9.17) is 4.74 Å². The van der Waals surface area contributed by atoms with Crippen LogP contribution in [0, 0.1) is 0 Å². The molecule has 1 unspecified atom stereocenters. The predicted molar refractivity (Wildman–Crippen MR) is 101 cm³/mol. The highest BCUT2D eigenvalue weighted by atomic mass is 32.2. The summed E-state index contributed by atoms with van der Waals surface area (Å²) in [6.45, 7) is 3.23. The Labute approximate surface area is 158 Å². The van der Waals surface area contributed by atoms with Crippen LogP contribution in [0.5, 0.6) is 0 Å². The lowest BCUT2D eigenvalue weighted by Crippen LogP contribution is -2.53. The number of amides is 2. The smallest absolute Gasteiger partial charge is 0.251 e. The monoisotopic (exact) mass is 374 g/mol. The largest absolute Gasteiger partial charge is 0.343 e. The van der Waals surface area contributed by atoms with Gasteiger partial charge >= 0.3 is 0 Å². The maximum atomic E-state index is 12.6. The minimum atomic E-state index is -0.554. The third-order valence-electron chi connectivity index (χ3n) is 5.74. The number of ether oxygens (including phenoxy) is 1. The van der Waals surface area contributed by atoms with Crippen LogP contribution in [0.25, 0.3) is 0 Å². The van der Waals surface area contributed by atoms with Gasteiger partial charge in [0.1, 0.15) is 11.8 Å². The summed E-state index contributed by atoms with van der Waals surface area (Å²) in [5.74, 6) is 0.623. The number of rotatable bonds is 4. The number of piperidine rings is 1. The number of benzene rings is 1. The van der Waals surface area contributed by atoms with Gasteiger partial charge in [0.05, 0.1) is 5.75 Å². The molecule has 1 aromatic rings. The standard InChI is InChI=1S/C20H26N2O3S/c1-2-17-19(24)21-20(25-17)8-10-22(11-9-20)18(23)13-26-16-7-6-14-4-3-5-15(14)12-16/h6-7,12,17H,2-5,8-11,13H2,1H3,(H,21,24). The van der Waals surface area contributed by atoms with Gasteiger partial charge in [-0.25, -0.2) is 0 Å². The van der Waals surface area contributed by atoms with Gasteiger partial charge < -0.3 is 15.0 Å². The minimum Gasteiger partial charge on any atom is -0.343 e. The Balaban J connectivity index is 1.28. The zero-order valence-corrected chi connectivity index (χ0v) is 16.1. The number of fused-ring (bicyclic) bond motifs is 1. The summed E-state index contributed by atoms with van der Waals surface area (Å²) in [5.41, 5.74) is 2.36. The highest BCUT2D eigenvalue weighted by molar-refractivity contribution is 8.00. The van der Waals surface area contributed by atoms with Gasteiger partial charge in [0.15, 0.2) is 0 Å². The predicted octanol–water partition coefficient (Wildman–Crippen LogP) is 2.51. The zero-order valence-electron chi connectivity index (χ0n) is 15.3. The number of nitrogens with one attached hydrogen (secondary N) is 1. The van der Waals surface area contributed by atoms with E-state index in [1.807, 2.05) is 11.8 Å². The molecule has 1 atom stereocenters. The number of carbonyl (C=O) groups excluding carboxylic acids is 2. The van der Waals surface area contributed by atoms with E-state index in [9.17, 15) is 9.59 Å². The molecule has 4 rings (SSSR count). The fourth-order valence-electron chi connectivity index (χ4n) is 4.16. The summed E-state index contributed by atoms with van der Waals surface area (Å²) in [4.78, 5) is 27.6. The Bertz CT molecular complexity index is 713. The van der Waals surface area contributed by atoms with Crippen LogP contribution in [0.1, 0.15) is 43.7 Å². The second-order valence-corrected chi connectivity index (χ2v) is 8.50. The van der Waals surface area contributed by atoms with Crippen molar-refractivity contribution < 1.29 is 14.3 Å². The maximum absolute atomic E-state index is 12.6. The molecular weight excluding hydrogens is 348 g/mol. The van der Waals surface area contributed by atoms with Crippen molar-refractivity contribution in [1.29, 1.82) is 0 Å². The Hall–Kier alpha value is -1.53. The average molecular weight is 375 g/mol. The topological polar surface area (TPSA) is 58.6 Å². The molecule has 1 N–H and O–H groups in total. The van der Waals surface area contributed by atoms with Gasteiger partial charge in [-0.15, -0.1) is 11.8 Å². The van der Waals surface area contributed by atoms with Crippen molar-refractivity contribution in [2.45, 2.75) is 62.2 Å². The molecule has 1 spiro atoms. The first kappa shape index (κ1) is 17.9. The van der Waals surface area contributed by atoms with E-state index >= 15 is 0 Å². The van der Waals surface area contributed by atoms with Gasteiger partial charge in [-0.05, 0) is 48.9 Å². The highest BCUT2D eigenvalue weighted by Crippen LogP contribution is 2.32. The van der Waals surface area contributed by atoms with Crippen LogP contribution in [-0.2, 0) is 27.2 Å². The third-order valence-corrected chi connectivity index (χ3v) is 6.72. The molecule has 6 heteroatoms. The van der Waals surface area contributed by atoms with Crippen LogP contribution >= 0.6 is 11.8 Å². The zero-order chi connectivity index (χ0) is 18.1. The molecule has 0 aromatic heterocycles. The van der Waals surface area contributed by atoms with Gasteiger partial charge in [0.25, 0.3) is 5.91 Å². The van der Waals surface area contributed by atoms with Crippen molar-refractivity contribution in [3.63, 3.8) is 0 Å². The Morgan fingerprint density at radius 3 is 2.81 bits per heavy atom. The molecule has 5 nitrogen and oxygen atoms in total. The van der Waals surface area contributed by atoms with Gasteiger partial charge in [-0.3, -0.25) is 9.59 Å². The first-order valence-electron chi connectivity index (χ1n) is 9.61. The van der Waals surface area contributed by atoms with Crippen LogP contribution < -0.4 is 5.32 Å². The van der Waals surface area contributed by atoms with Crippen molar-refractivity contribution in [1.82, 2.24) is 10.2 Å². The lowest BCUT2D eigenvalue weighted by atomic mass is 10.0. The van der Waals surface area contributed by atoms with Crippen molar-refractivity contribution in [2.24, 2.45) is 0 Å². The van der Waals surface area contributed by atoms with E-state index in [0.29, 0.717) is 38.1 Å². The van der Waals surface area contributed by atoms with Gasteiger partial charge in [-0.1, -0.05) is 13.0 Å². The second kappa shape index (κ2) is 7.24. The Kier molecular flexibility index (Phi) is 4.97. The fourth-order valence-corrected chi connectivity index (χ4v) is 5.03. The second-order valence-electron chi connectivity index (χ2n) is 7.45.